The largest absolute Gasteiger partial charge is 0.489 e. The number of nitrogens with zero attached hydrogens (tertiary/aromatic N) is 2. The van der Waals surface area contributed by atoms with E-state index in [1.807, 2.05) is 20.8 Å². The number of carbonyl (C=O) groups is 1. The molecule has 1 aliphatic rings. The first-order chi connectivity index (χ1) is 14.6. The molecule has 3 rings (SSSR count). The highest BCUT2D eigenvalue weighted by atomic mass is 35.5. The summed E-state index contributed by atoms with van der Waals surface area (Å²) in [6, 6.07) is 5.12. The highest BCUT2D eigenvalue weighted by Crippen LogP contribution is 2.32. The summed E-state index contributed by atoms with van der Waals surface area (Å²) in [6.07, 6.45) is 3.72. The lowest BCUT2D eigenvalue weighted by molar-refractivity contribution is 0.0471. The van der Waals surface area contributed by atoms with Crippen molar-refractivity contribution >= 4 is 40.8 Å². The number of amides is 1. The summed E-state index contributed by atoms with van der Waals surface area (Å²) in [5, 5.41) is 6.06. The quantitative estimate of drug-likeness (QED) is 0.530. The summed E-state index contributed by atoms with van der Waals surface area (Å²) in [5.41, 5.74) is 0.0180. The third-order valence-corrected chi connectivity index (χ3v) is 5.08. The van der Waals surface area contributed by atoms with Crippen molar-refractivity contribution < 1.29 is 18.7 Å². The smallest absolute Gasteiger partial charge is 0.407 e. The number of rotatable bonds is 5. The number of benzene rings is 1. The SMILES string of the molecule is CC(C)(C)OC(=O)NC1CCC(Oc2ccc(Nc3nc(Cl)ncc3F)cc2Cl)CC1. The van der Waals surface area contributed by atoms with Crippen LogP contribution in [0.2, 0.25) is 10.3 Å². The molecular weight excluding hydrogens is 446 g/mol. The Kier molecular flexibility index (Phi) is 7.43. The van der Waals surface area contributed by atoms with Crippen LogP contribution in [0, 0.1) is 5.82 Å². The van der Waals surface area contributed by atoms with Gasteiger partial charge in [-0.05, 0) is 76.3 Å². The van der Waals surface area contributed by atoms with Gasteiger partial charge in [-0.2, -0.15) is 4.98 Å². The molecule has 0 unspecified atom stereocenters. The fourth-order valence-corrected chi connectivity index (χ4v) is 3.58. The van der Waals surface area contributed by atoms with Crippen LogP contribution in [0.15, 0.2) is 24.4 Å². The lowest BCUT2D eigenvalue weighted by atomic mass is 9.93. The molecule has 0 saturated heterocycles. The molecule has 0 aliphatic heterocycles. The summed E-state index contributed by atoms with van der Waals surface area (Å²) < 4.78 is 25.1. The van der Waals surface area contributed by atoms with Gasteiger partial charge in [0.1, 0.15) is 11.4 Å². The third kappa shape index (κ3) is 7.11. The number of anilines is 2. The molecule has 0 radical (unpaired) electrons. The highest BCUT2D eigenvalue weighted by molar-refractivity contribution is 6.32. The summed E-state index contributed by atoms with van der Waals surface area (Å²) in [4.78, 5) is 19.3. The van der Waals surface area contributed by atoms with E-state index in [2.05, 4.69) is 20.6 Å². The molecule has 0 atom stereocenters. The minimum Gasteiger partial charge on any atom is -0.489 e. The lowest BCUT2D eigenvalue weighted by Gasteiger charge is -2.30. The van der Waals surface area contributed by atoms with Crippen LogP contribution >= 0.6 is 23.2 Å². The molecule has 7 nitrogen and oxygen atoms in total. The van der Waals surface area contributed by atoms with Crippen molar-refractivity contribution in [2.45, 2.75) is 64.2 Å². The van der Waals surface area contributed by atoms with Crippen molar-refractivity contribution in [1.82, 2.24) is 15.3 Å². The zero-order chi connectivity index (χ0) is 22.6. The van der Waals surface area contributed by atoms with E-state index in [1.54, 1.807) is 18.2 Å². The molecule has 1 aromatic heterocycles. The number of hydrogen-bond donors (Lipinski definition) is 2. The Morgan fingerprint density at radius 2 is 1.90 bits per heavy atom. The summed E-state index contributed by atoms with van der Waals surface area (Å²) in [7, 11) is 0. The minimum atomic E-state index is -0.627. The van der Waals surface area contributed by atoms with Gasteiger partial charge in [-0.3, -0.25) is 0 Å². The van der Waals surface area contributed by atoms with Gasteiger partial charge >= 0.3 is 6.09 Å². The van der Waals surface area contributed by atoms with E-state index in [0.717, 1.165) is 31.9 Å². The predicted octanol–water partition coefficient (Wildman–Crippen LogP) is 5.88. The number of nitrogens with one attached hydrogen (secondary N) is 2. The number of aromatic nitrogens is 2. The number of ether oxygens (including phenoxy) is 2. The van der Waals surface area contributed by atoms with Gasteiger partial charge in [0, 0.05) is 11.7 Å². The molecule has 1 fully saturated rings. The molecule has 2 N–H and O–H groups in total. The first-order valence-electron chi connectivity index (χ1n) is 10.00. The highest BCUT2D eigenvalue weighted by Gasteiger charge is 2.26. The second-order valence-corrected chi connectivity index (χ2v) is 9.09. The van der Waals surface area contributed by atoms with E-state index in [-0.39, 0.29) is 23.2 Å². The van der Waals surface area contributed by atoms with Crippen LogP contribution in [0.4, 0.5) is 20.7 Å². The Hall–Kier alpha value is -2.32. The fraction of sp³-hybridized carbons (Fsp3) is 0.476. The summed E-state index contributed by atoms with van der Waals surface area (Å²) >= 11 is 12.1. The number of alkyl carbamates (subject to hydrolysis) is 1. The van der Waals surface area contributed by atoms with Gasteiger partial charge in [0.15, 0.2) is 11.6 Å². The molecule has 10 heteroatoms. The van der Waals surface area contributed by atoms with Crippen molar-refractivity contribution in [3.63, 3.8) is 0 Å². The zero-order valence-electron chi connectivity index (χ0n) is 17.5. The van der Waals surface area contributed by atoms with Gasteiger partial charge in [-0.25, -0.2) is 14.2 Å². The topological polar surface area (TPSA) is 85.4 Å². The molecule has 1 heterocycles. The van der Waals surface area contributed by atoms with Crippen LogP contribution < -0.4 is 15.4 Å². The van der Waals surface area contributed by atoms with Gasteiger partial charge in [0.25, 0.3) is 0 Å². The average Bonchev–Trinajstić information content (AvgIpc) is 2.67. The van der Waals surface area contributed by atoms with E-state index in [9.17, 15) is 9.18 Å². The van der Waals surface area contributed by atoms with Crippen LogP contribution in [-0.2, 0) is 4.74 Å². The number of carbonyl (C=O) groups excluding carboxylic acids is 1. The Balaban J connectivity index is 1.52. The van der Waals surface area contributed by atoms with E-state index >= 15 is 0 Å². The molecule has 0 bridgehead atoms. The maximum Gasteiger partial charge on any atom is 0.407 e. The molecule has 1 amide bonds. The predicted molar refractivity (Wildman–Crippen MR) is 118 cm³/mol. The molecule has 2 aromatic rings. The van der Waals surface area contributed by atoms with Crippen molar-refractivity contribution in [3.05, 3.63) is 40.5 Å². The number of halogens is 3. The van der Waals surface area contributed by atoms with Gasteiger partial charge < -0.3 is 20.1 Å². The molecule has 31 heavy (non-hydrogen) atoms. The lowest BCUT2D eigenvalue weighted by Crippen LogP contribution is -2.42. The number of hydrogen-bond acceptors (Lipinski definition) is 6. The second-order valence-electron chi connectivity index (χ2n) is 8.34. The van der Waals surface area contributed by atoms with Crippen LogP contribution in [0.1, 0.15) is 46.5 Å². The molecule has 168 valence electrons. The van der Waals surface area contributed by atoms with E-state index in [1.165, 1.54) is 0 Å². The van der Waals surface area contributed by atoms with Crippen molar-refractivity contribution in [1.29, 1.82) is 0 Å². The van der Waals surface area contributed by atoms with E-state index < -0.39 is 17.5 Å². The summed E-state index contributed by atoms with van der Waals surface area (Å²) in [6.45, 7) is 5.50. The van der Waals surface area contributed by atoms with Crippen LogP contribution in [0.25, 0.3) is 0 Å². The molecule has 1 aromatic carbocycles. The maximum atomic E-state index is 13.8. The summed E-state index contributed by atoms with van der Waals surface area (Å²) in [5.74, 6) is -0.130. The molecule has 1 aliphatic carbocycles. The van der Waals surface area contributed by atoms with Crippen molar-refractivity contribution in [2.24, 2.45) is 0 Å². The standard InChI is InChI=1S/C21H25Cl2FN4O3/c1-21(2,3)31-20(29)27-12-4-7-14(8-5-12)30-17-9-6-13(10-15(17)22)26-18-16(24)11-25-19(23)28-18/h6,9-12,14H,4-5,7-8H2,1-3H3,(H,27,29)(H,25,26,28). The Bertz CT molecular complexity index is 931. The van der Waals surface area contributed by atoms with Crippen LogP contribution in [0.3, 0.4) is 0 Å². The van der Waals surface area contributed by atoms with E-state index in [4.69, 9.17) is 32.7 Å². The average molecular weight is 471 g/mol. The second kappa shape index (κ2) is 9.87. The van der Waals surface area contributed by atoms with Crippen LogP contribution in [-0.4, -0.2) is 33.8 Å². The van der Waals surface area contributed by atoms with Crippen molar-refractivity contribution in [3.8, 4) is 5.75 Å². The van der Waals surface area contributed by atoms with Gasteiger partial charge in [-0.15, -0.1) is 0 Å². The first kappa shape index (κ1) is 23.3. The molecule has 1 saturated carbocycles. The fourth-order valence-electron chi connectivity index (χ4n) is 3.22. The van der Waals surface area contributed by atoms with Gasteiger partial charge in [0.05, 0.1) is 17.3 Å². The minimum absolute atomic E-state index is 0.00823. The van der Waals surface area contributed by atoms with Crippen molar-refractivity contribution in [2.75, 3.05) is 5.32 Å². The Labute approximate surface area is 190 Å². The third-order valence-electron chi connectivity index (χ3n) is 4.60. The van der Waals surface area contributed by atoms with E-state index in [0.29, 0.717) is 16.5 Å². The monoisotopic (exact) mass is 470 g/mol. The molecule has 0 spiro atoms. The Morgan fingerprint density at radius 3 is 2.55 bits per heavy atom. The molecular formula is C21H25Cl2FN4O3. The zero-order valence-corrected chi connectivity index (χ0v) is 19.1. The van der Waals surface area contributed by atoms with Gasteiger partial charge in [-0.1, -0.05) is 11.6 Å². The first-order valence-corrected chi connectivity index (χ1v) is 10.8. The normalized spacial score (nSPS) is 18.9. The maximum absolute atomic E-state index is 13.8. The van der Waals surface area contributed by atoms with Crippen LogP contribution in [0.5, 0.6) is 5.75 Å². The van der Waals surface area contributed by atoms with Gasteiger partial charge in [0.2, 0.25) is 5.28 Å². The Morgan fingerprint density at radius 1 is 1.19 bits per heavy atom.